The van der Waals surface area contributed by atoms with Crippen LogP contribution in [0.5, 0.6) is 0 Å². The Kier molecular flexibility index (Phi) is 23.9. The molecule has 0 aliphatic heterocycles. The summed E-state index contributed by atoms with van der Waals surface area (Å²) in [4.78, 5) is 29.4. The van der Waals surface area contributed by atoms with E-state index in [9.17, 15) is 9.59 Å². The predicted molar refractivity (Wildman–Crippen MR) is 177 cm³/mol. The summed E-state index contributed by atoms with van der Waals surface area (Å²) >= 11 is 0. The highest BCUT2D eigenvalue weighted by Gasteiger charge is 2.22. The van der Waals surface area contributed by atoms with Gasteiger partial charge >= 0.3 is 12.2 Å². The minimum Gasteiger partial charge on any atom is -0.444 e. The fourth-order valence-electron chi connectivity index (χ4n) is 4.86. The van der Waals surface area contributed by atoms with Gasteiger partial charge in [-0.3, -0.25) is 0 Å². The van der Waals surface area contributed by atoms with Crippen molar-refractivity contribution in [3.8, 4) is 0 Å². The van der Waals surface area contributed by atoms with Crippen LogP contribution in [0.1, 0.15) is 157 Å². The fourth-order valence-corrected chi connectivity index (χ4v) is 4.86. The second-order valence-electron chi connectivity index (χ2n) is 13.9. The van der Waals surface area contributed by atoms with Gasteiger partial charge in [0.15, 0.2) is 0 Å². The molecule has 0 bridgehead atoms. The molecule has 0 aromatic carbocycles. The van der Waals surface area contributed by atoms with Crippen molar-refractivity contribution in [1.82, 2.24) is 9.80 Å². The van der Waals surface area contributed by atoms with Gasteiger partial charge < -0.3 is 30.7 Å². The first kappa shape index (κ1) is 40.5. The van der Waals surface area contributed by atoms with Crippen LogP contribution in [0.3, 0.4) is 0 Å². The van der Waals surface area contributed by atoms with Gasteiger partial charge in [-0.15, -0.1) is 0 Å². The zero-order valence-corrected chi connectivity index (χ0v) is 28.7. The Morgan fingerprint density at radius 3 is 0.857 bits per heavy atom. The lowest BCUT2D eigenvalue weighted by Crippen LogP contribution is -2.38. The summed E-state index contributed by atoms with van der Waals surface area (Å²) < 4.78 is 11.4. The number of nitrogens with two attached hydrogens (primary N) is 2. The molecule has 0 aliphatic carbocycles. The van der Waals surface area contributed by atoms with Crippen LogP contribution in [-0.4, -0.2) is 72.5 Å². The van der Waals surface area contributed by atoms with Crippen molar-refractivity contribution in [2.75, 3.05) is 39.3 Å². The maximum atomic E-state index is 12.8. The number of hydrogen-bond acceptors (Lipinski definition) is 6. The van der Waals surface area contributed by atoms with Crippen LogP contribution in [0.2, 0.25) is 0 Å². The van der Waals surface area contributed by atoms with E-state index in [-0.39, 0.29) is 12.2 Å². The van der Waals surface area contributed by atoms with Gasteiger partial charge in [-0.2, -0.15) is 0 Å². The summed E-state index contributed by atoms with van der Waals surface area (Å²) in [5.74, 6) is 0. The quantitative estimate of drug-likeness (QED) is 0.102. The Labute approximate surface area is 260 Å². The molecule has 0 aromatic rings. The van der Waals surface area contributed by atoms with E-state index in [0.29, 0.717) is 0 Å². The van der Waals surface area contributed by atoms with Gasteiger partial charge in [0, 0.05) is 26.2 Å². The third-order valence-electron chi connectivity index (χ3n) is 7.17. The third-order valence-corrected chi connectivity index (χ3v) is 7.17. The van der Waals surface area contributed by atoms with E-state index < -0.39 is 11.2 Å². The molecule has 0 radical (unpaired) electrons. The first-order valence-corrected chi connectivity index (χ1v) is 17.3. The molecular formula is C34H70N4O4. The topological polar surface area (TPSA) is 111 Å². The standard InChI is InChI=1S/C34H70N4O4/c1-33(2,3)41-31(39)37(27-21-15-9-7-13-19-25-35)29-23-17-11-12-18-24-30-38(32(40)42-34(4,5)6)28-22-16-10-8-14-20-26-36/h7-30,35-36H2,1-6H3. The van der Waals surface area contributed by atoms with E-state index in [2.05, 4.69) is 0 Å². The highest BCUT2D eigenvalue weighted by atomic mass is 16.6. The van der Waals surface area contributed by atoms with Crippen molar-refractivity contribution in [2.24, 2.45) is 11.5 Å². The van der Waals surface area contributed by atoms with Crippen molar-refractivity contribution < 1.29 is 19.1 Å². The van der Waals surface area contributed by atoms with Gasteiger partial charge in [-0.25, -0.2) is 9.59 Å². The fraction of sp³-hybridized carbons (Fsp3) is 0.941. The molecule has 42 heavy (non-hydrogen) atoms. The zero-order valence-electron chi connectivity index (χ0n) is 28.7. The largest absolute Gasteiger partial charge is 0.444 e. The second kappa shape index (κ2) is 24.9. The van der Waals surface area contributed by atoms with Crippen LogP contribution in [0.4, 0.5) is 9.59 Å². The number of carbonyl (C=O) groups excluding carboxylic acids is 2. The van der Waals surface area contributed by atoms with Gasteiger partial charge in [-0.1, -0.05) is 77.0 Å². The van der Waals surface area contributed by atoms with Gasteiger partial charge in [0.1, 0.15) is 11.2 Å². The van der Waals surface area contributed by atoms with E-state index in [4.69, 9.17) is 20.9 Å². The molecule has 0 saturated heterocycles. The van der Waals surface area contributed by atoms with Crippen molar-refractivity contribution in [1.29, 1.82) is 0 Å². The number of hydrogen-bond donors (Lipinski definition) is 2. The summed E-state index contributed by atoms with van der Waals surface area (Å²) in [5.41, 5.74) is 10.2. The van der Waals surface area contributed by atoms with E-state index in [1.807, 2.05) is 51.3 Å². The highest BCUT2D eigenvalue weighted by Crippen LogP contribution is 2.16. The van der Waals surface area contributed by atoms with Crippen LogP contribution in [0, 0.1) is 0 Å². The Hall–Kier alpha value is -1.54. The molecule has 0 atom stereocenters. The molecule has 8 nitrogen and oxygen atoms in total. The molecule has 0 aromatic heterocycles. The number of amides is 2. The van der Waals surface area contributed by atoms with E-state index in [0.717, 1.165) is 116 Å². The number of carbonyl (C=O) groups is 2. The average molecular weight is 599 g/mol. The van der Waals surface area contributed by atoms with Crippen LogP contribution < -0.4 is 11.5 Å². The van der Waals surface area contributed by atoms with Gasteiger partial charge in [0.05, 0.1) is 0 Å². The number of rotatable bonds is 25. The minimum atomic E-state index is -0.477. The molecule has 8 heteroatoms. The van der Waals surface area contributed by atoms with Crippen molar-refractivity contribution in [3.63, 3.8) is 0 Å². The van der Waals surface area contributed by atoms with Gasteiger partial charge in [0.25, 0.3) is 0 Å². The molecule has 0 aliphatic rings. The smallest absolute Gasteiger partial charge is 0.410 e. The molecule has 0 spiro atoms. The lowest BCUT2D eigenvalue weighted by Gasteiger charge is -2.28. The number of unbranched alkanes of at least 4 members (excludes halogenated alkanes) is 15. The molecular weight excluding hydrogens is 528 g/mol. The van der Waals surface area contributed by atoms with Crippen molar-refractivity contribution >= 4 is 12.2 Å². The maximum absolute atomic E-state index is 12.8. The molecule has 0 heterocycles. The van der Waals surface area contributed by atoms with Gasteiger partial charge in [0.2, 0.25) is 0 Å². The summed E-state index contributed by atoms with van der Waals surface area (Å²) in [6.45, 7) is 16.1. The normalized spacial score (nSPS) is 11.9. The predicted octanol–water partition coefficient (Wildman–Crippen LogP) is 8.40. The van der Waals surface area contributed by atoms with Crippen LogP contribution >= 0.6 is 0 Å². The average Bonchev–Trinajstić information content (AvgIpc) is 2.88. The Bertz CT molecular complexity index is 605. The van der Waals surface area contributed by atoms with Crippen molar-refractivity contribution in [3.05, 3.63) is 0 Å². The van der Waals surface area contributed by atoms with Crippen LogP contribution in [0.15, 0.2) is 0 Å². The second-order valence-corrected chi connectivity index (χ2v) is 13.9. The number of nitrogens with zero attached hydrogens (tertiary/aromatic N) is 2. The Morgan fingerprint density at radius 1 is 0.429 bits per heavy atom. The molecule has 2 amide bonds. The summed E-state index contributed by atoms with van der Waals surface area (Å²) in [5, 5.41) is 0. The molecule has 0 unspecified atom stereocenters. The lowest BCUT2D eigenvalue weighted by molar-refractivity contribution is 0.0231. The molecule has 0 rings (SSSR count). The van der Waals surface area contributed by atoms with Crippen LogP contribution in [-0.2, 0) is 9.47 Å². The van der Waals surface area contributed by atoms with E-state index in [1.54, 1.807) is 0 Å². The molecule has 4 N–H and O–H groups in total. The third kappa shape index (κ3) is 26.1. The lowest BCUT2D eigenvalue weighted by atomic mass is 10.1. The van der Waals surface area contributed by atoms with Crippen LogP contribution in [0.25, 0.3) is 0 Å². The summed E-state index contributed by atoms with van der Waals surface area (Å²) in [6.07, 6.45) is 19.8. The summed E-state index contributed by atoms with van der Waals surface area (Å²) in [6, 6.07) is 0. The first-order chi connectivity index (χ1) is 19.9. The summed E-state index contributed by atoms with van der Waals surface area (Å²) in [7, 11) is 0. The molecule has 0 saturated carbocycles. The Balaban J connectivity index is 4.40. The monoisotopic (exact) mass is 599 g/mol. The molecule has 250 valence electrons. The molecule has 0 fully saturated rings. The zero-order chi connectivity index (χ0) is 31.7. The van der Waals surface area contributed by atoms with E-state index >= 15 is 0 Å². The van der Waals surface area contributed by atoms with Gasteiger partial charge in [-0.05, 0) is 93.2 Å². The minimum absolute atomic E-state index is 0.191. The SMILES string of the molecule is CC(C)(C)OC(=O)N(CCCCCCCCN)CCCCCCCCN(CCCCCCCCN)C(=O)OC(C)(C)C. The van der Waals surface area contributed by atoms with Crippen molar-refractivity contribution in [2.45, 2.75) is 168 Å². The number of ether oxygens (including phenoxy) is 2. The maximum Gasteiger partial charge on any atom is 0.410 e. The Morgan fingerprint density at radius 2 is 0.643 bits per heavy atom. The van der Waals surface area contributed by atoms with E-state index in [1.165, 1.54) is 38.5 Å². The highest BCUT2D eigenvalue weighted by molar-refractivity contribution is 5.68. The first-order valence-electron chi connectivity index (χ1n) is 17.3.